The topological polar surface area (TPSA) is 53.7 Å². The fourth-order valence-electron chi connectivity index (χ4n) is 2.28. The molecule has 0 aromatic carbocycles. The summed E-state index contributed by atoms with van der Waals surface area (Å²) < 4.78 is 5.29. The third kappa shape index (κ3) is 2.21. The van der Waals surface area contributed by atoms with Crippen LogP contribution in [0.15, 0.2) is 16.5 Å². The van der Waals surface area contributed by atoms with Crippen molar-refractivity contribution in [2.75, 3.05) is 11.9 Å². The van der Waals surface area contributed by atoms with Gasteiger partial charge in [-0.15, -0.1) is 0 Å². The van der Waals surface area contributed by atoms with E-state index in [0.29, 0.717) is 11.9 Å². The van der Waals surface area contributed by atoms with Crippen LogP contribution in [0.25, 0.3) is 0 Å². The van der Waals surface area contributed by atoms with Crippen molar-refractivity contribution in [3.8, 4) is 0 Å². The maximum absolute atomic E-state index is 10.7. The van der Waals surface area contributed by atoms with Crippen LogP contribution in [0.5, 0.6) is 0 Å². The zero-order valence-corrected chi connectivity index (χ0v) is 9.48. The van der Waals surface area contributed by atoms with Crippen LogP contribution in [-0.2, 0) is 0 Å². The van der Waals surface area contributed by atoms with Crippen LogP contribution in [0.3, 0.4) is 0 Å². The van der Waals surface area contributed by atoms with Crippen molar-refractivity contribution < 1.29 is 14.3 Å². The van der Waals surface area contributed by atoms with Crippen molar-refractivity contribution >= 4 is 11.9 Å². The van der Waals surface area contributed by atoms with E-state index < -0.39 is 5.97 Å². The molecule has 0 unspecified atom stereocenters. The number of carboxylic acids is 1. The highest BCUT2D eigenvalue weighted by Crippen LogP contribution is 2.27. The first-order chi connectivity index (χ1) is 7.68. The summed E-state index contributed by atoms with van der Waals surface area (Å²) in [5, 5.41) is 8.78. The lowest BCUT2D eigenvalue weighted by Crippen LogP contribution is -2.32. The zero-order valence-electron chi connectivity index (χ0n) is 9.48. The molecule has 4 nitrogen and oxygen atoms in total. The molecule has 0 amide bonds. The second-order valence-electron chi connectivity index (χ2n) is 4.35. The Morgan fingerprint density at radius 2 is 2.06 bits per heavy atom. The molecule has 1 N–H and O–H groups in total. The molecule has 1 saturated carbocycles. The summed E-state index contributed by atoms with van der Waals surface area (Å²) in [5.74, 6) is -0.342. The Balaban J connectivity index is 2.07. The van der Waals surface area contributed by atoms with Gasteiger partial charge in [-0.2, -0.15) is 0 Å². The van der Waals surface area contributed by atoms with Crippen LogP contribution in [0.1, 0.15) is 42.7 Å². The molecule has 0 aliphatic heterocycles. The second-order valence-corrected chi connectivity index (χ2v) is 4.35. The first-order valence-electron chi connectivity index (χ1n) is 5.74. The van der Waals surface area contributed by atoms with Crippen molar-refractivity contribution in [3.63, 3.8) is 0 Å². The van der Waals surface area contributed by atoms with Crippen LogP contribution in [-0.4, -0.2) is 24.2 Å². The van der Waals surface area contributed by atoms with Crippen molar-refractivity contribution in [1.82, 2.24) is 0 Å². The van der Waals surface area contributed by atoms with Crippen LogP contribution in [0.4, 0.5) is 5.88 Å². The van der Waals surface area contributed by atoms with E-state index in [-0.39, 0.29) is 5.76 Å². The summed E-state index contributed by atoms with van der Waals surface area (Å²) in [6.45, 7) is 0. The number of hydrogen-bond donors (Lipinski definition) is 1. The molecule has 1 aliphatic carbocycles. The second kappa shape index (κ2) is 4.60. The standard InChI is InChI=1S/C12H17NO3/c1-13(9-5-3-2-4-6-9)11-8-7-10(16-11)12(14)15/h7-9H,2-6H2,1H3,(H,14,15). The van der Waals surface area contributed by atoms with Gasteiger partial charge in [-0.25, -0.2) is 4.79 Å². The predicted octanol–water partition coefficient (Wildman–Crippen LogP) is 2.75. The number of carbonyl (C=O) groups is 1. The Hall–Kier alpha value is -1.45. The maximum Gasteiger partial charge on any atom is 0.371 e. The summed E-state index contributed by atoms with van der Waals surface area (Å²) in [6.07, 6.45) is 6.14. The highest BCUT2D eigenvalue weighted by Gasteiger charge is 2.21. The van der Waals surface area contributed by atoms with Gasteiger partial charge in [0.05, 0.1) is 0 Å². The predicted molar refractivity (Wildman–Crippen MR) is 60.9 cm³/mol. The van der Waals surface area contributed by atoms with E-state index in [0.717, 1.165) is 0 Å². The zero-order chi connectivity index (χ0) is 11.5. The smallest absolute Gasteiger partial charge is 0.371 e. The average molecular weight is 223 g/mol. The van der Waals surface area contributed by atoms with Crippen LogP contribution in [0.2, 0.25) is 0 Å². The number of nitrogens with zero attached hydrogens (tertiary/aromatic N) is 1. The normalized spacial score (nSPS) is 17.3. The van der Waals surface area contributed by atoms with E-state index in [4.69, 9.17) is 9.52 Å². The summed E-state index contributed by atoms with van der Waals surface area (Å²) in [4.78, 5) is 12.8. The van der Waals surface area contributed by atoms with E-state index in [9.17, 15) is 4.79 Å². The van der Waals surface area contributed by atoms with Gasteiger partial charge in [-0.05, 0) is 18.9 Å². The van der Waals surface area contributed by atoms with Crippen molar-refractivity contribution in [1.29, 1.82) is 0 Å². The molecule has 1 aromatic heterocycles. The number of hydrogen-bond acceptors (Lipinski definition) is 3. The van der Waals surface area contributed by atoms with Gasteiger partial charge in [0.25, 0.3) is 0 Å². The number of carboxylic acid groups (broad SMARTS) is 1. The van der Waals surface area contributed by atoms with Gasteiger partial charge in [0, 0.05) is 19.2 Å². The molecule has 1 fully saturated rings. The Kier molecular flexibility index (Phi) is 3.17. The van der Waals surface area contributed by atoms with Crippen LogP contribution in [0, 0.1) is 0 Å². The number of rotatable bonds is 3. The largest absolute Gasteiger partial charge is 0.475 e. The minimum atomic E-state index is -1.01. The molecule has 0 bridgehead atoms. The number of anilines is 1. The molecule has 88 valence electrons. The SMILES string of the molecule is CN(c1ccc(C(=O)O)o1)C1CCCCC1. The quantitative estimate of drug-likeness (QED) is 0.856. The lowest BCUT2D eigenvalue weighted by molar-refractivity contribution is 0.0663. The van der Waals surface area contributed by atoms with Crippen molar-refractivity contribution in [2.24, 2.45) is 0 Å². The third-order valence-electron chi connectivity index (χ3n) is 3.27. The summed E-state index contributed by atoms with van der Waals surface area (Å²) in [6, 6.07) is 3.73. The fraction of sp³-hybridized carbons (Fsp3) is 0.583. The Bertz CT molecular complexity index is 366. The summed E-state index contributed by atoms with van der Waals surface area (Å²) in [7, 11) is 1.97. The van der Waals surface area contributed by atoms with Gasteiger partial charge in [0.15, 0.2) is 5.88 Å². The molecule has 2 rings (SSSR count). The maximum atomic E-state index is 10.7. The van der Waals surface area contributed by atoms with E-state index in [1.54, 1.807) is 6.07 Å². The summed E-state index contributed by atoms with van der Waals surface area (Å²) >= 11 is 0. The molecule has 16 heavy (non-hydrogen) atoms. The average Bonchev–Trinajstić information content (AvgIpc) is 2.78. The Labute approximate surface area is 94.9 Å². The third-order valence-corrected chi connectivity index (χ3v) is 3.27. The first kappa shape index (κ1) is 11.0. The van der Waals surface area contributed by atoms with E-state index in [1.807, 2.05) is 7.05 Å². The molecule has 0 spiro atoms. The number of aromatic carboxylic acids is 1. The lowest BCUT2D eigenvalue weighted by Gasteiger charge is -2.30. The van der Waals surface area contributed by atoms with Crippen LogP contribution >= 0.6 is 0 Å². The van der Waals surface area contributed by atoms with Gasteiger partial charge in [0.2, 0.25) is 5.76 Å². The minimum Gasteiger partial charge on any atom is -0.475 e. The highest BCUT2D eigenvalue weighted by molar-refractivity contribution is 5.84. The van der Waals surface area contributed by atoms with Crippen molar-refractivity contribution in [2.45, 2.75) is 38.1 Å². The Morgan fingerprint density at radius 3 is 2.62 bits per heavy atom. The van der Waals surface area contributed by atoms with Gasteiger partial charge in [-0.1, -0.05) is 19.3 Å². The first-order valence-corrected chi connectivity index (χ1v) is 5.74. The van der Waals surface area contributed by atoms with Gasteiger partial charge >= 0.3 is 5.97 Å². The van der Waals surface area contributed by atoms with Gasteiger partial charge in [0.1, 0.15) is 0 Å². The van der Waals surface area contributed by atoms with Crippen molar-refractivity contribution in [3.05, 3.63) is 17.9 Å². The molecule has 0 atom stereocenters. The fourth-order valence-corrected chi connectivity index (χ4v) is 2.28. The molecule has 1 heterocycles. The molecule has 1 aromatic rings. The molecule has 0 saturated heterocycles. The molecule has 1 aliphatic rings. The van der Waals surface area contributed by atoms with Gasteiger partial charge in [-0.3, -0.25) is 0 Å². The van der Waals surface area contributed by atoms with Gasteiger partial charge < -0.3 is 14.4 Å². The van der Waals surface area contributed by atoms with Crippen LogP contribution < -0.4 is 4.90 Å². The molecular weight excluding hydrogens is 206 g/mol. The highest BCUT2D eigenvalue weighted by atomic mass is 16.4. The summed E-state index contributed by atoms with van der Waals surface area (Å²) in [5.41, 5.74) is 0. The lowest BCUT2D eigenvalue weighted by atomic mass is 9.94. The molecule has 0 radical (unpaired) electrons. The minimum absolute atomic E-state index is 0.0117. The number of furan rings is 1. The Morgan fingerprint density at radius 1 is 1.38 bits per heavy atom. The molecule has 4 heteroatoms. The molecular formula is C12H17NO3. The van der Waals surface area contributed by atoms with E-state index in [1.165, 1.54) is 38.2 Å². The monoisotopic (exact) mass is 223 g/mol. The van der Waals surface area contributed by atoms with E-state index >= 15 is 0 Å². The van der Waals surface area contributed by atoms with E-state index in [2.05, 4.69) is 4.90 Å².